The quantitative estimate of drug-likeness (QED) is 0.787. The highest BCUT2D eigenvalue weighted by Crippen LogP contribution is 2.22. The second-order valence-corrected chi connectivity index (χ2v) is 6.05. The van der Waals surface area contributed by atoms with Crippen molar-refractivity contribution in [1.82, 2.24) is 4.90 Å². The minimum Gasteiger partial charge on any atom is -0.492 e. The molecule has 0 radical (unpaired) electrons. The van der Waals surface area contributed by atoms with Gasteiger partial charge in [0.1, 0.15) is 17.3 Å². The number of benzene rings is 1. The summed E-state index contributed by atoms with van der Waals surface area (Å²) in [6.07, 6.45) is 4.06. The van der Waals surface area contributed by atoms with Gasteiger partial charge < -0.3 is 15.6 Å². The molecule has 0 bridgehead atoms. The van der Waals surface area contributed by atoms with Gasteiger partial charge in [0.05, 0.1) is 11.7 Å². The number of hydrogen-bond donors (Lipinski definition) is 2. The lowest BCUT2D eigenvalue weighted by Crippen LogP contribution is -2.44. The SMILES string of the molecule is CN(CCOc1ccccc1C(N)=S)C1CCCCC1O. The van der Waals surface area contributed by atoms with Crippen LogP contribution in [0, 0.1) is 0 Å². The molecule has 0 saturated heterocycles. The molecule has 4 nitrogen and oxygen atoms in total. The van der Waals surface area contributed by atoms with E-state index in [0.29, 0.717) is 11.6 Å². The minimum atomic E-state index is -0.215. The molecule has 0 amide bonds. The second-order valence-electron chi connectivity index (χ2n) is 5.61. The predicted octanol–water partition coefficient (Wildman–Crippen LogP) is 1.93. The summed E-state index contributed by atoms with van der Waals surface area (Å²) in [5.41, 5.74) is 6.46. The Labute approximate surface area is 131 Å². The molecule has 1 aromatic carbocycles. The number of hydrogen-bond acceptors (Lipinski definition) is 4. The average molecular weight is 308 g/mol. The number of ether oxygens (including phenoxy) is 1. The Morgan fingerprint density at radius 3 is 2.81 bits per heavy atom. The first-order valence-electron chi connectivity index (χ1n) is 7.49. The molecule has 1 fully saturated rings. The first-order valence-corrected chi connectivity index (χ1v) is 7.90. The van der Waals surface area contributed by atoms with Crippen molar-refractivity contribution >= 4 is 17.2 Å². The standard InChI is InChI=1S/C16H24N2O2S/c1-18(13-7-3-4-8-14(13)19)10-11-20-15-9-5-2-6-12(15)16(17)21/h2,5-6,9,13-14,19H,3-4,7-8,10-11H2,1H3,(H2,17,21). The molecule has 0 spiro atoms. The molecule has 2 unspecified atom stereocenters. The summed E-state index contributed by atoms with van der Waals surface area (Å²) in [6, 6.07) is 7.79. The second kappa shape index (κ2) is 7.73. The zero-order valence-electron chi connectivity index (χ0n) is 12.5. The molecule has 1 saturated carbocycles. The van der Waals surface area contributed by atoms with E-state index in [-0.39, 0.29) is 12.1 Å². The van der Waals surface area contributed by atoms with Crippen LogP contribution in [0.1, 0.15) is 31.2 Å². The molecule has 0 heterocycles. The van der Waals surface area contributed by atoms with Gasteiger partial charge in [-0.3, -0.25) is 4.90 Å². The van der Waals surface area contributed by atoms with Crippen LogP contribution in [0.5, 0.6) is 5.75 Å². The van der Waals surface area contributed by atoms with Crippen LogP contribution in [0.2, 0.25) is 0 Å². The van der Waals surface area contributed by atoms with Crippen molar-refractivity contribution in [3.8, 4) is 5.75 Å². The van der Waals surface area contributed by atoms with E-state index in [1.54, 1.807) is 0 Å². The van der Waals surface area contributed by atoms with Crippen molar-refractivity contribution in [3.05, 3.63) is 29.8 Å². The molecule has 1 aliphatic rings. The largest absolute Gasteiger partial charge is 0.492 e. The molecule has 21 heavy (non-hydrogen) atoms. The third kappa shape index (κ3) is 4.40. The highest BCUT2D eigenvalue weighted by Gasteiger charge is 2.26. The summed E-state index contributed by atoms with van der Waals surface area (Å²) in [6.45, 7) is 1.33. The lowest BCUT2D eigenvalue weighted by molar-refractivity contribution is 0.0272. The maximum Gasteiger partial charge on any atom is 0.129 e. The first kappa shape index (κ1) is 16.2. The van der Waals surface area contributed by atoms with Crippen LogP contribution >= 0.6 is 12.2 Å². The van der Waals surface area contributed by atoms with Gasteiger partial charge in [-0.05, 0) is 32.0 Å². The number of rotatable bonds is 6. The van der Waals surface area contributed by atoms with Gasteiger partial charge in [-0.1, -0.05) is 37.2 Å². The van der Waals surface area contributed by atoms with Crippen LogP contribution < -0.4 is 10.5 Å². The number of aliphatic hydroxyl groups is 1. The minimum absolute atomic E-state index is 0.215. The average Bonchev–Trinajstić information content (AvgIpc) is 2.48. The third-order valence-corrected chi connectivity index (χ3v) is 4.33. The van der Waals surface area contributed by atoms with E-state index >= 15 is 0 Å². The van der Waals surface area contributed by atoms with E-state index in [9.17, 15) is 5.11 Å². The molecule has 2 rings (SSSR count). The van der Waals surface area contributed by atoms with Crippen molar-refractivity contribution in [2.24, 2.45) is 5.73 Å². The van der Waals surface area contributed by atoms with Crippen LogP contribution in [-0.4, -0.2) is 47.3 Å². The first-order chi connectivity index (χ1) is 10.1. The number of aliphatic hydroxyl groups excluding tert-OH is 1. The van der Waals surface area contributed by atoms with Gasteiger partial charge in [-0.25, -0.2) is 0 Å². The molecular weight excluding hydrogens is 284 g/mol. The van der Waals surface area contributed by atoms with Crippen LogP contribution in [0.25, 0.3) is 0 Å². The molecule has 2 atom stereocenters. The van der Waals surface area contributed by atoms with Crippen molar-refractivity contribution in [1.29, 1.82) is 0 Å². The fourth-order valence-corrected chi connectivity index (χ4v) is 3.04. The zero-order valence-corrected chi connectivity index (χ0v) is 13.3. The van der Waals surface area contributed by atoms with E-state index < -0.39 is 0 Å². The number of likely N-dealkylation sites (N-methyl/N-ethyl adjacent to an activating group) is 1. The van der Waals surface area contributed by atoms with Gasteiger partial charge >= 0.3 is 0 Å². The lowest BCUT2D eigenvalue weighted by Gasteiger charge is -2.35. The fraction of sp³-hybridized carbons (Fsp3) is 0.562. The summed E-state index contributed by atoms with van der Waals surface area (Å²) < 4.78 is 5.80. The highest BCUT2D eigenvalue weighted by molar-refractivity contribution is 7.80. The number of nitrogens with two attached hydrogens (primary N) is 1. The van der Waals surface area contributed by atoms with Gasteiger partial charge in [0.2, 0.25) is 0 Å². The molecule has 1 aromatic rings. The Morgan fingerprint density at radius 2 is 2.10 bits per heavy atom. The molecule has 1 aliphatic carbocycles. The normalized spacial score (nSPS) is 22.2. The predicted molar refractivity (Wildman–Crippen MR) is 88.7 cm³/mol. The zero-order chi connectivity index (χ0) is 15.2. The van der Waals surface area contributed by atoms with Crippen molar-refractivity contribution in [3.63, 3.8) is 0 Å². The van der Waals surface area contributed by atoms with Crippen LogP contribution in [0.4, 0.5) is 0 Å². The van der Waals surface area contributed by atoms with E-state index in [2.05, 4.69) is 4.90 Å². The number of thiocarbonyl (C=S) groups is 1. The van der Waals surface area contributed by atoms with Gasteiger partial charge in [0.15, 0.2) is 0 Å². The maximum atomic E-state index is 10.1. The Balaban J connectivity index is 1.85. The summed E-state index contributed by atoms with van der Waals surface area (Å²) in [5, 5.41) is 10.1. The Morgan fingerprint density at radius 1 is 1.38 bits per heavy atom. The molecule has 0 aliphatic heterocycles. The van der Waals surface area contributed by atoms with Gasteiger partial charge in [0.25, 0.3) is 0 Å². The number of nitrogens with zero attached hydrogens (tertiary/aromatic N) is 1. The van der Waals surface area contributed by atoms with Crippen LogP contribution in [0.3, 0.4) is 0 Å². The molecule has 116 valence electrons. The topological polar surface area (TPSA) is 58.7 Å². The van der Waals surface area contributed by atoms with E-state index in [4.69, 9.17) is 22.7 Å². The maximum absolute atomic E-state index is 10.1. The van der Waals surface area contributed by atoms with Gasteiger partial charge in [-0.2, -0.15) is 0 Å². The smallest absolute Gasteiger partial charge is 0.129 e. The Kier molecular flexibility index (Phi) is 5.96. The summed E-state index contributed by atoms with van der Waals surface area (Å²) >= 11 is 5.02. The number of para-hydroxylation sites is 1. The van der Waals surface area contributed by atoms with Crippen molar-refractivity contribution in [2.75, 3.05) is 20.2 Å². The van der Waals surface area contributed by atoms with Gasteiger partial charge in [-0.15, -0.1) is 0 Å². The van der Waals surface area contributed by atoms with E-state index in [1.807, 2.05) is 31.3 Å². The summed E-state index contributed by atoms with van der Waals surface area (Å²) in [7, 11) is 2.04. The highest BCUT2D eigenvalue weighted by atomic mass is 32.1. The molecule has 3 N–H and O–H groups in total. The monoisotopic (exact) mass is 308 g/mol. The lowest BCUT2D eigenvalue weighted by atomic mass is 9.92. The summed E-state index contributed by atoms with van der Waals surface area (Å²) in [5.74, 6) is 0.725. The van der Waals surface area contributed by atoms with Gasteiger partial charge in [0, 0.05) is 12.6 Å². The molecule has 0 aromatic heterocycles. The van der Waals surface area contributed by atoms with Crippen molar-refractivity contribution in [2.45, 2.75) is 37.8 Å². The fourth-order valence-electron chi connectivity index (χ4n) is 2.87. The van der Waals surface area contributed by atoms with E-state index in [1.165, 1.54) is 6.42 Å². The van der Waals surface area contributed by atoms with Crippen LogP contribution in [-0.2, 0) is 0 Å². The summed E-state index contributed by atoms with van der Waals surface area (Å²) in [4.78, 5) is 2.54. The Hall–Kier alpha value is -1.17. The molecular formula is C16H24N2O2S. The third-order valence-electron chi connectivity index (χ3n) is 4.11. The Bertz CT molecular complexity index is 481. The van der Waals surface area contributed by atoms with Crippen LogP contribution in [0.15, 0.2) is 24.3 Å². The van der Waals surface area contributed by atoms with Crippen molar-refractivity contribution < 1.29 is 9.84 Å². The molecule has 5 heteroatoms. The van der Waals surface area contributed by atoms with E-state index in [0.717, 1.165) is 37.1 Å².